The third kappa shape index (κ3) is 3.27. The highest BCUT2D eigenvalue weighted by molar-refractivity contribution is 5.89. The van der Waals surface area contributed by atoms with Crippen molar-refractivity contribution in [3.63, 3.8) is 0 Å². The fraction of sp³-hybridized carbons (Fsp3) is 0.625. The zero-order valence-corrected chi connectivity index (χ0v) is 7.70. The Morgan fingerprint density at radius 2 is 1.92 bits per heavy atom. The predicted molar refractivity (Wildman–Crippen MR) is 46.6 cm³/mol. The van der Waals surface area contributed by atoms with Crippen LogP contribution < -0.4 is 0 Å². The molecule has 0 aliphatic heterocycles. The van der Waals surface area contributed by atoms with Gasteiger partial charge in [0.05, 0.1) is 0 Å². The van der Waals surface area contributed by atoms with Crippen LogP contribution in [0.25, 0.3) is 0 Å². The summed E-state index contributed by atoms with van der Waals surface area (Å²) in [6.45, 7) is 5.18. The van der Waals surface area contributed by atoms with Crippen LogP contribution in [0.3, 0.4) is 0 Å². The summed E-state index contributed by atoms with van der Waals surface area (Å²) in [7, 11) is 0. The van der Waals surface area contributed by atoms with E-state index in [1.807, 2.05) is 13.8 Å². The van der Waals surface area contributed by atoms with Crippen LogP contribution in [0.1, 0.15) is 33.6 Å². The standard InChI is InChI=1S/C8H14N2O2/c1-4-8(5-2)9-10(6-11)7(3)12/h6H,4-5H2,1-3H3. The molecule has 0 aromatic carbocycles. The second kappa shape index (κ2) is 5.46. The number of carbonyl (C=O) groups excluding carboxylic acids is 2. The van der Waals surface area contributed by atoms with Gasteiger partial charge in [0, 0.05) is 12.6 Å². The van der Waals surface area contributed by atoms with Crippen LogP contribution >= 0.6 is 0 Å². The molecule has 0 aromatic rings. The lowest BCUT2D eigenvalue weighted by Gasteiger charge is -2.07. The molecule has 0 bridgehead atoms. The number of amides is 2. The van der Waals surface area contributed by atoms with Crippen molar-refractivity contribution < 1.29 is 9.59 Å². The summed E-state index contributed by atoms with van der Waals surface area (Å²) in [5, 5.41) is 4.69. The lowest BCUT2D eigenvalue weighted by atomic mass is 10.2. The van der Waals surface area contributed by atoms with Crippen molar-refractivity contribution in [3.8, 4) is 0 Å². The Morgan fingerprint density at radius 1 is 1.42 bits per heavy atom. The largest absolute Gasteiger partial charge is 0.276 e. The maximum absolute atomic E-state index is 10.7. The molecule has 0 saturated carbocycles. The normalized spacial score (nSPS) is 8.92. The maximum atomic E-state index is 10.7. The molecule has 0 aliphatic rings. The summed E-state index contributed by atoms with van der Waals surface area (Å²) >= 11 is 0. The number of hydrogen-bond acceptors (Lipinski definition) is 3. The first-order valence-electron chi connectivity index (χ1n) is 3.97. The van der Waals surface area contributed by atoms with E-state index in [0.29, 0.717) is 6.41 Å². The predicted octanol–water partition coefficient (Wildman–Crippen LogP) is 1.17. The van der Waals surface area contributed by atoms with Crippen LogP contribution in [0.2, 0.25) is 0 Å². The Hall–Kier alpha value is -1.19. The van der Waals surface area contributed by atoms with E-state index in [0.717, 1.165) is 23.6 Å². The van der Waals surface area contributed by atoms with Crippen LogP contribution in [0.5, 0.6) is 0 Å². The SMILES string of the molecule is CCC(CC)=NN(C=O)C(C)=O. The second-order valence-corrected chi connectivity index (χ2v) is 2.34. The molecule has 2 amide bonds. The van der Waals surface area contributed by atoms with Gasteiger partial charge in [0.15, 0.2) is 0 Å². The molecular weight excluding hydrogens is 156 g/mol. The van der Waals surface area contributed by atoms with Gasteiger partial charge in [0.25, 0.3) is 0 Å². The zero-order chi connectivity index (χ0) is 9.56. The summed E-state index contributed by atoms with van der Waals surface area (Å²) in [6, 6.07) is 0. The number of nitrogens with zero attached hydrogens (tertiary/aromatic N) is 2. The molecule has 0 atom stereocenters. The molecule has 12 heavy (non-hydrogen) atoms. The Balaban J connectivity index is 4.42. The van der Waals surface area contributed by atoms with Gasteiger partial charge in [-0.05, 0) is 12.8 Å². The summed E-state index contributed by atoms with van der Waals surface area (Å²) in [5.41, 5.74) is 0.845. The number of rotatable bonds is 4. The third-order valence-corrected chi connectivity index (χ3v) is 1.49. The van der Waals surface area contributed by atoms with E-state index in [-0.39, 0.29) is 5.91 Å². The van der Waals surface area contributed by atoms with Crippen molar-refractivity contribution in [3.05, 3.63) is 0 Å². The first-order chi connectivity index (χ1) is 5.65. The topological polar surface area (TPSA) is 49.7 Å². The smallest absolute Gasteiger partial charge is 0.246 e. The van der Waals surface area contributed by atoms with Gasteiger partial charge >= 0.3 is 0 Å². The van der Waals surface area contributed by atoms with E-state index in [9.17, 15) is 9.59 Å². The molecule has 0 aromatic heterocycles. The van der Waals surface area contributed by atoms with Gasteiger partial charge < -0.3 is 0 Å². The number of hydrazone groups is 1. The first-order valence-corrected chi connectivity index (χ1v) is 3.97. The van der Waals surface area contributed by atoms with Gasteiger partial charge in [0.1, 0.15) is 0 Å². The van der Waals surface area contributed by atoms with Crippen molar-refractivity contribution in [2.75, 3.05) is 0 Å². The summed E-state index contributed by atoms with van der Waals surface area (Å²) < 4.78 is 0. The molecule has 0 fully saturated rings. The minimum absolute atomic E-state index is 0.357. The molecule has 0 rings (SSSR count). The van der Waals surface area contributed by atoms with E-state index in [1.54, 1.807) is 0 Å². The third-order valence-electron chi connectivity index (χ3n) is 1.49. The summed E-state index contributed by atoms with van der Waals surface area (Å²) in [4.78, 5) is 21.0. The van der Waals surface area contributed by atoms with Crippen molar-refractivity contribution in [2.45, 2.75) is 33.6 Å². The molecule has 0 radical (unpaired) electrons. The van der Waals surface area contributed by atoms with Crippen molar-refractivity contribution in [2.24, 2.45) is 5.10 Å². The Labute approximate surface area is 72.2 Å². The van der Waals surface area contributed by atoms with Gasteiger partial charge in [0.2, 0.25) is 12.3 Å². The Morgan fingerprint density at radius 3 is 2.17 bits per heavy atom. The minimum Gasteiger partial charge on any atom is -0.276 e. The number of carbonyl (C=O) groups is 2. The highest BCUT2D eigenvalue weighted by Crippen LogP contribution is 1.95. The Bertz CT molecular complexity index is 193. The molecular formula is C8H14N2O2. The second-order valence-electron chi connectivity index (χ2n) is 2.34. The van der Waals surface area contributed by atoms with Crippen LogP contribution in [0.15, 0.2) is 5.10 Å². The fourth-order valence-corrected chi connectivity index (χ4v) is 0.712. The average Bonchev–Trinajstić information content (AvgIpc) is 2.06. The fourth-order valence-electron chi connectivity index (χ4n) is 0.712. The Kier molecular flexibility index (Phi) is 4.92. The number of imide groups is 1. The number of hydrogen-bond donors (Lipinski definition) is 0. The minimum atomic E-state index is -0.357. The van der Waals surface area contributed by atoms with Crippen molar-refractivity contribution >= 4 is 18.0 Å². The van der Waals surface area contributed by atoms with Gasteiger partial charge in [-0.25, -0.2) is 0 Å². The summed E-state index contributed by atoms with van der Waals surface area (Å²) in [6.07, 6.45) is 1.94. The molecule has 68 valence electrons. The quantitative estimate of drug-likeness (QED) is 0.361. The first kappa shape index (κ1) is 10.8. The van der Waals surface area contributed by atoms with Crippen LogP contribution in [0.4, 0.5) is 0 Å². The average molecular weight is 170 g/mol. The van der Waals surface area contributed by atoms with E-state index in [2.05, 4.69) is 5.10 Å². The molecule has 0 aliphatic carbocycles. The lowest BCUT2D eigenvalue weighted by Crippen LogP contribution is -2.22. The lowest BCUT2D eigenvalue weighted by molar-refractivity contribution is -0.136. The highest BCUT2D eigenvalue weighted by atomic mass is 16.2. The molecule has 0 N–H and O–H groups in total. The monoisotopic (exact) mass is 170 g/mol. The van der Waals surface area contributed by atoms with Crippen LogP contribution in [-0.2, 0) is 9.59 Å². The highest BCUT2D eigenvalue weighted by Gasteiger charge is 2.05. The molecule has 0 heterocycles. The molecule has 4 heteroatoms. The van der Waals surface area contributed by atoms with Crippen LogP contribution in [0, 0.1) is 0 Å². The van der Waals surface area contributed by atoms with Crippen molar-refractivity contribution in [1.82, 2.24) is 5.01 Å². The molecule has 0 saturated heterocycles. The van der Waals surface area contributed by atoms with Gasteiger partial charge in [-0.3, -0.25) is 9.59 Å². The summed E-state index contributed by atoms with van der Waals surface area (Å²) in [5.74, 6) is -0.357. The van der Waals surface area contributed by atoms with E-state index in [4.69, 9.17) is 0 Å². The molecule has 0 spiro atoms. The van der Waals surface area contributed by atoms with Gasteiger partial charge in [-0.2, -0.15) is 10.1 Å². The maximum Gasteiger partial charge on any atom is 0.246 e. The van der Waals surface area contributed by atoms with E-state index in [1.165, 1.54) is 6.92 Å². The molecule has 4 nitrogen and oxygen atoms in total. The van der Waals surface area contributed by atoms with Crippen LogP contribution in [-0.4, -0.2) is 23.0 Å². The van der Waals surface area contributed by atoms with Gasteiger partial charge in [-0.1, -0.05) is 13.8 Å². The van der Waals surface area contributed by atoms with E-state index >= 15 is 0 Å². The van der Waals surface area contributed by atoms with E-state index < -0.39 is 0 Å². The van der Waals surface area contributed by atoms with Gasteiger partial charge in [-0.15, -0.1) is 0 Å². The van der Waals surface area contributed by atoms with Crippen molar-refractivity contribution in [1.29, 1.82) is 0 Å². The molecule has 0 unspecified atom stereocenters. The zero-order valence-electron chi connectivity index (χ0n) is 7.70.